The van der Waals surface area contributed by atoms with E-state index in [1.165, 1.54) is 32.1 Å². The van der Waals surface area contributed by atoms with E-state index in [2.05, 4.69) is 11.7 Å². The van der Waals surface area contributed by atoms with Gasteiger partial charge in [0, 0.05) is 12.1 Å². The second-order valence-electron chi connectivity index (χ2n) is 10.5. The van der Waals surface area contributed by atoms with E-state index < -0.39 is 52.4 Å². The normalized spacial score (nSPS) is 24.9. The molecular formula is C28H29F9O. The summed E-state index contributed by atoms with van der Waals surface area (Å²) in [6.45, 7) is 2.20. The molecule has 0 bridgehead atoms. The van der Waals surface area contributed by atoms with Gasteiger partial charge < -0.3 is 4.74 Å². The Labute approximate surface area is 215 Å². The molecule has 1 nitrogen and oxygen atoms in total. The molecule has 0 atom stereocenters. The van der Waals surface area contributed by atoms with Crippen LogP contribution >= 0.6 is 0 Å². The van der Waals surface area contributed by atoms with Crippen LogP contribution in [0.4, 0.5) is 39.5 Å². The summed E-state index contributed by atoms with van der Waals surface area (Å²) in [7, 11) is 0. The molecule has 0 unspecified atom stereocenters. The fraction of sp³-hybridized carbons (Fsp3) is 0.571. The highest BCUT2D eigenvalue weighted by Crippen LogP contribution is 2.45. The molecule has 0 saturated heterocycles. The van der Waals surface area contributed by atoms with Gasteiger partial charge in [0.2, 0.25) is 0 Å². The molecule has 2 fully saturated rings. The second-order valence-corrected chi connectivity index (χ2v) is 10.5. The molecule has 0 heterocycles. The van der Waals surface area contributed by atoms with Crippen LogP contribution in [0.2, 0.25) is 0 Å². The van der Waals surface area contributed by atoms with Crippen LogP contribution in [0.15, 0.2) is 24.3 Å². The van der Waals surface area contributed by atoms with Gasteiger partial charge in [-0.15, -0.1) is 0 Å². The summed E-state index contributed by atoms with van der Waals surface area (Å²) in [6, 6.07) is 1.39. The van der Waals surface area contributed by atoms with Crippen LogP contribution in [0.1, 0.15) is 87.3 Å². The maximum absolute atomic E-state index is 14.8. The minimum atomic E-state index is -5.42. The highest BCUT2D eigenvalue weighted by Gasteiger charge is 2.43. The molecule has 10 heteroatoms. The molecule has 0 aliphatic heterocycles. The van der Waals surface area contributed by atoms with Gasteiger partial charge in [-0.25, -0.2) is 17.6 Å². The summed E-state index contributed by atoms with van der Waals surface area (Å²) in [5, 5.41) is 0. The van der Waals surface area contributed by atoms with Gasteiger partial charge in [-0.05, 0) is 79.9 Å². The minimum Gasteiger partial charge on any atom is -0.429 e. The monoisotopic (exact) mass is 552 g/mol. The van der Waals surface area contributed by atoms with Gasteiger partial charge in [-0.2, -0.15) is 22.0 Å². The average Bonchev–Trinajstić information content (AvgIpc) is 2.82. The fourth-order valence-corrected chi connectivity index (χ4v) is 6.18. The average molecular weight is 553 g/mol. The number of alkyl halides is 5. The first-order valence-corrected chi connectivity index (χ1v) is 12.9. The lowest BCUT2D eigenvalue weighted by molar-refractivity contribution is -0.189. The zero-order chi connectivity index (χ0) is 27.8. The molecule has 210 valence electrons. The molecule has 0 amide bonds. The smallest absolute Gasteiger partial charge is 0.429 e. The van der Waals surface area contributed by atoms with Gasteiger partial charge in [0.1, 0.15) is 40.1 Å². The number of rotatable bonds is 6. The summed E-state index contributed by atoms with van der Waals surface area (Å²) >= 11 is 0. The quantitative estimate of drug-likeness (QED) is 0.324. The zero-order valence-electron chi connectivity index (χ0n) is 20.8. The van der Waals surface area contributed by atoms with Gasteiger partial charge in [0.15, 0.2) is 0 Å². The van der Waals surface area contributed by atoms with Crippen molar-refractivity contribution in [3.05, 3.63) is 64.2 Å². The molecule has 0 aromatic heterocycles. The molecule has 4 rings (SSSR count). The third-order valence-electron chi connectivity index (χ3n) is 8.28. The van der Waals surface area contributed by atoms with E-state index in [1.54, 1.807) is 0 Å². The Balaban J connectivity index is 1.46. The first-order valence-electron chi connectivity index (χ1n) is 12.9. The van der Waals surface area contributed by atoms with Crippen molar-refractivity contribution in [2.45, 2.75) is 82.9 Å². The van der Waals surface area contributed by atoms with Crippen molar-refractivity contribution in [3.8, 4) is 5.75 Å². The van der Waals surface area contributed by atoms with Crippen molar-refractivity contribution in [2.75, 3.05) is 0 Å². The Morgan fingerprint density at radius 3 is 1.55 bits per heavy atom. The van der Waals surface area contributed by atoms with Crippen molar-refractivity contribution in [3.63, 3.8) is 0 Å². The third kappa shape index (κ3) is 6.09. The van der Waals surface area contributed by atoms with Crippen molar-refractivity contribution >= 4 is 0 Å². The van der Waals surface area contributed by atoms with Crippen LogP contribution in [-0.4, -0.2) is 0 Å². The number of hydrogen-bond acceptors (Lipinski definition) is 1. The van der Waals surface area contributed by atoms with Gasteiger partial charge in [0.25, 0.3) is 0 Å². The van der Waals surface area contributed by atoms with Crippen molar-refractivity contribution in [1.82, 2.24) is 0 Å². The second kappa shape index (κ2) is 11.0. The molecule has 2 aromatic carbocycles. The van der Waals surface area contributed by atoms with Gasteiger partial charge in [-0.1, -0.05) is 26.2 Å². The largest absolute Gasteiger partial charge is 0.432 e. The highest BCUT2D eigenvalue weighted by atomic mass is 19.4. The van der Waals surface area contributed by atoms with E-state index in [1.807, 2.05) is 0 Å². The van der Waals surface area contributed by atoms with Crippen LogP contribution in [0.25, 0.3) is 0 Å². The summed E-state index contributed by atoms with van der Waals surface area (Å²) in [5.74, 6) is -7.22. The molecular weight excluding hydrogens is 523 g/mol. The van der Waals surface area contributed by atoms with Crippen molar-refractivity contribution in [1.29, 1.82) is 0 Å². The maximum atomic E-state index is 14.8. The lowest BCUT2D eigenvalue weighted by Gasteiger charge is -2.38. The van der Waals surface area contributed by atoms with Crippen LogP contribution in [0.3, 0.4) is 0 Å². The first-order chi connectivity index (χ1) is 17.8. The Kier molecular flexibility index (Phi) is 8.28. The summed E-state index contributed by atoms with van der Waals surface area (Å²) in [4.78, 5) is 0. The van der Waals surface area contributed by atoms with Crippen molar-refractivity contribution < 1.29 is 44.3 Å². The third-order valence-corrected chi connectivity index (χ3v) is 8.28. The highest BCUT2D eigenvalue weighted by molar-refractivity contribution is 5.35. The molecule has 0 radical (unpaired) electrons. The Morgan fingerprint density at radius 2 is 1.11 bits per heavy atom. The molecule has 2 aliphatic rings. The van der Waals surface area contributed by atoms with E-state index in [-0.39, 0.29) is 23.6 Å². The van der Waals surface area contributed by atoms with E-state index >= 15 is 0 Å². The van der Waals surface area contributed by atoms with Gasteiger partial charge >= 0.3 is 12.3 Å². The lowest BCUT2D eigenvalue weighted by Crippen LogP contribution is -2.27. The van der Waals surface area contributed by atoms with E-state index in [0.717, 1.165) is 30.9 Å². The van der Waals surface area contributed by atoms with E-state index in [9.17, 15) is 39.5 Å². The van der Waals surface area contributed by atoms with Gasteiger partial charge in [0.05, 0.1) is 0 Å². The summed E-state index contributed by atoms with van der Waals surface area (Å²) in [5.41, 5.74) is -3.85. The van der Waals surface area contributed by atoms with Gasteiger partial charge in [-0.3, -0.25) is 0 Å². The summed E-state index contributed by atoms with van der Waals surface area (Å²) < 4.78 is 129. The predicted octanol–water partition coefficient (Wildman–Crippen LogP) is 9.88. The fourth-order valence-electron chi connectivity index (χ4n) is 6.18. The Morgan fingerprint density at radius 1 is 0.658 bits per heavy atom. The molecule has 0 spiro atoms. The Bertz CT molecular complexity index is 1080. The van der Waals surface area contributed by atoms with Crippen LogP contribution in [-0.2, 0) is 12.3 Å². The molecule has 0 N–H and O–H groups in total. The summed E-state index contributed by atoms with van der Waals surface area (Å²) in [6.07, 6.45) is -1.03. The zero-order valence-corrected chi connectivity index (χ0v) is 20.8. The SMILES string of the molecule is CC[C@H]1CC[C@H]([C@H]2CC[C@H](c3cc(F)c(C(F)(F)Oc4cc(F)c(C(F)(F)F)c(F)c4)c(F)c3)CC2)CC1. The number of halogens is 9. The maximum Gasteiger partial charge on any atom is 0.432 e. The standard InChI is InChI=1S/C28H29F9O/c1-2-15-3-5-16(6-4-15)17-7-9-18(10-8-17)19-11-21(29)26(22(30)12-19)28(36,37)38-20-13-23(31)25(24(32)14-20)27(33,34)35/h11-18H,2-10H2,1H3/t15-,16-,17-,18-. The number of benzene rings is 2. The molecule has 38 heavy (non-hydrogen) atoms. The molecule has 2 saturated carbocycles. The van der Waals surface area contributed by atoms with Crippen molar-refractivity contribution in [2.24, 2.45) is 17.8 Å². The van der Waals surface area contributed by atoms with E-state index in [4.69, 9.17) is 0 Å². The number of hydrogen-bond donors (Lipinski definition) is 0. The number of ether oxygens (including phenoxy) is 1. The van der Waals surface area contributed by atoms with Crippen LogP contribution in [0.5, 0.6) is 5.75 Å². The molecule has 2 aromatic rings. The Hall–Kier alpha value is -2.39. The topological polar surface area (TPSA) is 9.23 Å². The van der Waals surface area contributed by atoms with Crippen LogP contribution < -0.4 is 4.74 Å². The lowest BCUT2D eigenvalue weighted by atomic mass is 9.68. The minimum absolute atomic E-state index is 0.114. The first kappa shape index (κ1) is 28.6. The predicted molar refractivity (Wildman–Crippen MR) is 123 cm³/mol. The van der Waals surface area contributed by atoms with E-state index in [0.29, 0.717) is 24.7 Å². The van der Waals surface area contributed by atoms with Crippen LogP contribution in [0, 0.1) is 41.0 Å². The molecule has 2 aliphatic carbocycles.